The van der Waals surface area contributed by atoms with Gasteiger partial charge in [-0.3, -0.25) is 43.2 Å². The zero-order chi connectivity index (χ0) is 56.9. The van der Waals surface area contributed by atoms with Gasteiger partial charge in [0, 0.05) is 42.6 Å². The summed E-state index contributed by atoms with van der Waals surface area (Å²) in [6.45, 7) is 7.66. The lowest BCUT2D eigenvalue weighted by Crippen LogP contribution is -2.69. The summed E-state index contributed by atoms with van der Waals surface area (Å²) in [6, 6.07) is 7.63. The first-order valence-electron chi connectivity index (χ1n) is 26.4. The smallest absolute Gasteiger partial charge is 0.306 e. The molecule has 22 nitrogen and oxygen atoms in total. The van der Waals surface area contributed by atoms with Crippen LogP contribution in [-0.4, -0.2) is 178 Å². The Hall–Kier alpha value is -5.14. The fourth-order valence-corrected chi connectivity index (χ4v) is 12.2. The van der Waals surface area contributed by atoms with Gasteiger partial charge in [0.1, 0.15) is 19.4 Å². The Balaban J connectivity index is 1.01. The quantitative estimate of drug-likeness (QED) is 0.0226. The van der Waals surface area contributed by atoms with E-state index < -0.39 is 114 Å². The molecule has 1 aromatic rings. The van der Waals surface area contributed by atoms with E-state index in [1.54, 1.807) is 49.4 Å². The number of halogens is 2. The third-order valence-electron chi connectivity index (χ3n) is 15.3. The first-order chi connectivity index (χ1) is 37.2. The van der Waals surface area contributed by atoms with Crippen molar-refractivity contribution in [3.63, 3.8) is 0 Å². The Morgan fingerprint density at radius 3 is 2.05 bits per heavy atom. The van der Waals surface area contributed by atoms with Crippen molar-refractivity contribution in [3.05, 3.63) is 59.7 Å². The molecule has 0 radical (unpaired) electrons. The highest BCUT2D eigenvalue weighted by Crippen LogP contribution is 2.72. The number of hydrogen-bond acceptors (Lipinski definition) is 16. The second kappa shape index (κ2) is 30.4. The number of carbonyl (C=O) groups excluding carboxylic acids is 9. The van der Waals surface area contributed by atoms with Crippen LogP contribution in [0.4, 0.5) is 0 Å². The number of aliphatic hydroxyl groups excluding tert-OH is 1. The van der Waals surface area contributed by atoms with E-state index in [9.17, 15) is 48.3 Å². The maximum Gasteiger partial charge on any atom is 0.306 e. The fraction of sp³-hybridized carbons (Fsp3) is 0.648. The zero-order valence-electron chi connectivity index (χ0n) is 44.9. The van der Waals surface area contributed by atoms with Crippen LogP contribution in [0.3, 0.4) is 0 Å². The number of nitrogens with one attached hydrogen (secondary N) is 6. The molecule has 7 N–H and O–H groups in total. The number of benzene rings is 1. The van der Waals surface area contributed by atoms with Crippen LogP contribution in [0.15, 0.2) is 54.1 Å². The molecule has 0 aromatic heterocycles. The normalized spacial score (nSPS) is 26.2. The Morgan fingerprint density at radius 1 is 0.769 bits per heavy atom. The molecule has 4 aliphatic rings. The largest absolute Gasteiger partial charge is 0.450 e. The molecule has 0 saturated heterocycles. The fourth-order valence-electron chi connectivity index (χ4n) is 11.4. The third kappa shape index (κ3) is 16.3. The number of hydrogen-bond donors (Lipinski definition) is 7. The topological polar surface area (TPSA) is 301 Å². The number of aliphatic hydroxyl groups is 1. The number of Topliss-reactive ketones (excluding diaryl/α,β-unsaturated/α-hetero) is 1. The minimum atomic E-state index is -1.70. The van der Waals surface area contributed by atoms with E-state index in [0.29, 0.717) is 64.4 Å². The van der Waals surface area contributed by atoms with Gasteiger partial charge in [-0.1, -0.05) is 85.6 Å². The van der Waals surface area contributed by atoms with Gasteiger partial charge in [0.15, 0.2) is 11.4 Å². The van der Waals surface area contributed by atoms with Gasteiger partial charge in [-0.2, -0.15) is 0 Å². The Morgan fingerprint density at radius 2 is 1.38 bits per heavy atom. The number of allylic oxidation sites excluding steroid dienone is 4. The summed E-state index contributed by atoms with van der Waals surface area (Å²) < 4.78 is 33.5. The van der Waals surface area contributed by atoms with Gasteiger partial charge >= 0.3 is 5.97 Å². The van der Waals surface area contributed by atoms with Crippen LogP contribution in [-0.2, 0) is 78.0 Å². The number of ketones is 2. The molecule has 6 amide bonds. The SMILES string of the molecule is CCC(=O)O[C@]1(C(=O)COCNC(=O)CNC(=O)[C@H](Cc2ccccc2)NC(=O)CNC(=O)CNC(=O)CCOCCOCCOCCOCCNC(=O)CBr)[C@@H](C)CC2[C@@H]3CCC4=CC(=O)C=C[C@]4(C)[C@@]3(Cl)[C@@H](O)C[C@@]21C. The molecule has 4 aliphatic carbocycles. The van der Waals surface area contributed by atoms with E-state index in [0.717, 1.165) is 5.57 Å². The summed E-state index contributed by atoms with van der Waals surface area (Å²) in [5.74, 6) is -5.64. The van der Waals surface area contributed by atoms with Crippen LogP contribution >= 0.6 is 27.5 Å². The highest BCUT2D eigenvalue weighted by Gasteiger charge is 2.76. The molecule has 0 bridgehead atoms. The monoisotopic (exact) mass is 1180 g/mol. The Labute approximate surface area is 468 Å². The molecule has 3 fully saturated rings. The summed E-state index contributed by atoms with van der Waals surface area (Å²) in [4.78, 5) is 114. The van der Waals surface area contributed by atoms with Crippen LogP contribution in [0.25, 0.3) is 0 Å². The Kier molecular flexibility index (Phi) is 24.9. The summed E-state index contributed by atoms with van der Waals surface area (Å²) >= 11 is 10.7. The molecule has 78 heavy (non-hydrogen) atoms. The molecule has 9 atom stereocenters. The summed E-state index contributed by atoms with van der Waals surface area (Å²) in [6.07, 6.45) is 5.37. The van der Waals surface area contributed by atoms with Crippen molar-refractivity contribution in [2.24, 2.45) is 28.6 Å². The first-order valence-corrected chi connectivity index (χ1v) is 27.9. The number of amides is 6. The van der Waals surface area contributed by atoms with Gasteiger partial charge < -0.3 is 65.4 Å². The van der Waals surface area contributed by atoms with E-state index in [1.807, 2.05) is 20.8 Å². The minimum absolute atomic E-state index is 0.00593. The number of rotatable bonds is 33. The van der Waals surface area contributed by atoms with E-state index in [4.69, 9.17) is 40.0 Å². The highest BCUT2D eigenvalue weighted by atomic mass is 79.9. The van der Waals surface area contributed by atoms with Crippen LogP contribution in [0.1, 0.15) is 71.8 Å². The van der Waals surface area contributed by atoms with Crippen molar-refractivity contribution in [1.29, 1.82) is 0 Å². The Bertz CT molecular complexity index is 2350. The number of ether oxygens (including phenoxy) is 6. The molecule has 0 spiro atoms. The number of alkyl halides is 2. The summed E-state index contributed by atoms with van der Waals surface area (Å²) in [5.41, 5.74) is -2.03. The first kappa shape index (κ1) is 63.7. The maximum absolute atomic E-state index is 14.6. The van der Waals surface area contributed by atoms with Crippen molar-refractivity contribution >= 4 is 80.5 Å². The standard InChI is InChI=1S/C54H76BrClN6O16/c1-5-49(71)78-54(35(2)25-40-39-12-11-37-27-38(63)13-15-51(37,3)53(39,56)42(64)28-52(40,54)4)43(65)33-77-34-61-47(69)31-60-50(72)41(26-36-9-7-6-8-10-36)62-48(70)32-59-46(68)30-58-44(66)14-17-73-19-21-75-23-24-76-22-20-74-18-16-57-45(67)29-55/h6-10,13,15,27,35,39-42,64H,5,11-12,14,16-26,28-34H2,1-4H3,(H,57,67)(H,58,66)(H,59,68)(H,60,72)(H,61,69)(H,62,70)/t35-,39-,40?,41-,42-,51-,52-,53-,54-/m0/s1. The minimum Gasteiger partial charge on any atom is -0.450 e. The van der Waals surface area contributed by atoms with Crippen molar-refractivity contribution in [1.82, 2.24) is 31.9 Å². The van der Waals surface area contributed by atoms with E-state index in [1.165, 1.54) is 6.08 Å². The maximum atomic E-state index is 14.6. The number of fused-ring (bicyclic) bond motifs is 5. The molecular formula is C54H76BrClN6O16. The lowest BCUT2D eigenvalue weighted by atomic mass is 9.45. The zero-order valence-corrected chi connectivity index (χ0v) is 47.2. The lowest BCUT2D eigenvalue weighted by Gasteiger charge is -2.64. The molecule has 1 unspecified atom stereocenters. The highest BCUT2D eigenvalue weighted by molar-refractivity contribution is 9.09. The van der Waals surface area contributed by atoms with Gasteiger partial charge in [-0.25, -0.2) is 0 Å². The van der Waals surface area contributed by atoms with Crippen LogP contribution in [0, 0.1) is 28.6 Å². The van der Waals surface area contributed by atoms with Crippen LogP contribution < -0.4 is 31.9 Å². The third-order valence-corrected chi connectivity index (χ3v) is 16.7. The van der Waals surface area contributed by atoms with E-state index >= 15 is 0 Å². The summed E-state index contributed by atoms with van der Waals surface area (Å²) in [7, 11) is 0. The lowest BCUT2D eigenvalue weighted by molar-refractivity contribution is -0.203. The second-order valence-electron chi connectivity index (χ2n) is 20.2. The predicted octanol–water partition coefficient (Wildman–Crippen LogP) is 1.27. The summed E-state index contributed by atoms with van der Waals surface area (Å²) in [5, 5.41) is 27.5. The molecule has 3 saturated carbocycles. The average molecular weight is 1180 g/mol. The van der Waals surface area contributed by atoms with Gasteiger partial charge in [0.05, 0.1) is 88.8 Å². The molecular weight excluding hydrogens is 1100 g/mol. The molecule has 0 heterocycles. The molecule has 5 rings (SSSR count). The average Bonchev–Trinajstić information content (AvgIpc) is 3.69. The van der Waals surface area contributed by atoms with Crippen LogP contribution in [0.2, 0.25) is 0 Å². The number of carbonyl (C=O) groups is 9. The molecule has 0 aliphatic heterocycles. The van der Waals surface area contributed by atoms with Crippen molar-refractivity contribution < 1.29 is 76.7 Å². The molecule has 1 aromatic carbocycles. The van der Waals surface area contributed by atoms with Gasteiger partial charge in [-0.15, -0.1) is 11.6 Å². The van der Waals surface area contributed by atoms with Gasteiger partial charge in [0.2, 0.25) is 41.2 Å². The van der Waals surface area contributed by atoms with E-state index in [-0.39, 0.29) is 74.4 Å². The van der Waals surface area contributed by atoms with E-state index in [2.05, 4.69) is 47.8 Å². The molecule has 432 valence electrons. The molecule has 24 heteroatoms. The van der Waals surface area contributed by atoms with Crippen LogP contribution in [0.5, 0.6) is 0 Å². The van der Waals surface area contributed by atoms with Gasteiger partial charge in [0.25, 0.3) is 0 Å². The van der Waals surface area contributed by atoms with Crippen molar-refractivity contribution in [3.8, 4) is 0 Å². The van der Waals surface area contributed by atoms with Crippen molar-refractivity contribution in [2.45, 2.75) is 95.3 Å². The predicted molar refractivity (Wildman–Crippen MR) is 287 cm³/mol. The second-order valence-corrected chi connectivity index (χ2v) is 21.4. The van der Waals surface area contributed by atoms with Gasteiger partial charge in [-0.05, 0) is 55.2 Å². The number of esters is 1. The van der Waals surface area contributed by atoms with Crippen molar-refractivity contribution in [2.75, 3.05) is 97.7 Å².